The zero-order chi connectivity index (χ0) is 14.9. The minimum Gasteiger partial charge on any atom is -0.464 e. The van der Waals surface area contributed by atoms with Crippen LogP contribution in [0.2, 0.25) is 0 Å². The van der Waals surface area contributed by atoms with Crippen LogP contribution in [0.5, 0.6) is 0 Å². The summed E-state index contributed by atoms with van der Waals surface area (Å²) >= 11 is 0. The highest BCUT2D eigenvalue weighted by Crippen LogP contribution is 2.35. The minimum absolute atomic E-state index is 0.135. The van der Waals surface area contributed by atoms with Gasteiger partial charge in [-0.25, -0.2) is 0 Å². The monoisotopic (exact) mass is 322 g/mol. The lowest BCUT2D eigenvalue weighted by Gasteiger charge is -2.15. The Bertz CT molecular complexity index is 788. The fraction of sp³-hybridized carbons (Fsp3) is 0. The first-order chi connectivity index (χ1) is 10.1. The summed E-state index contributed by atoms with van der Waals surface area (Å²) in [5, 5.41) is 0.458. The van der Waals surface area contributed by atoms with Crippen molar-refractivity contribution in [1.82, 2.24) is 0 Å². The molecule has 3 aromatic rings. The van der Waals surface area contributed by atoms with Crippen molar-refractivity contribution < 1.29 is 21.8 Å². The molecule has 21 heavy (non-hydrogen) atoms. The summed E-state index contributed by atoms with van der Waals surface area (Å²) in [4.78, 5) is -0.135. The highest BCUT2D eigenvalue weighted by atomic mass is 32.2. The van der Waals surface area contributed by atoms with Crippen molar-refractivity contribution in [2.45, 2.75) is 4.90 Å². The molecule has 0 fully saturated rings. The Morgan fingerprint density at radius 3 is 1.90 bits per heavy atom. The van der Waals surface area contributed by atoms with Gasteiger partial charge in [-0.1, -0.05) is 18.2 Å². The van der Waals surface area contributed by atoms with Crippen LogP contribution in [0.1, 0.15) is 0 Å². The average Bonchev–Trinajstić information content (AvgIpc) is 3.12. The first-order valence-electron chi connectivity index (χ1n) is 6.01. The second-order valence-electron chi connectivity index (χ2n) is 4.18. The molecule has 5 nitrogen and oxygen atoms in total. The molecule has 1 aromatic carbocycles. The van der Waals surface area contributed by atoms with Crippen LogP contribution in [0.25, 0.3) is 0 Å². The number of benzene rings is 1. The molecule has 2 aromatic heterocycles. The van der Waals surface area contributed by atoms with Crippen molar-refractivity contribution in [3.05, 3.63) is 61.1 Å². The normalized spacial score (nSPS) is 11.9. The first-order valence-corrected chi connectivity index (χ1v) is 8.79. The van der Waals surface area contributed by atoms with Crippen molar-refractivity contribution in [3.63, 3.8) is 0 Å². The number of rotatable bonds is 4. The predicted octanol–water partition coefficient (Wildman–Crippen LogP) is 1.88. The Morgan fingerprint density at radius 2 is 1.43 bits per heavy atom. The van der Waals surface area contributed by atoms with E-state index in [0.29, 0.717) is 16.3 Å². The number of hydrogen-bond donors (Lipinski definition) is 1. The largest absolute Gasteiger partial charge is 0.464 e. The van der Waals surface area contributed by atoms with Crippen molar-refractivity contribution >= 4 is 34.3 Å². The molecular weight excluding hydrogens is 311 g/mol. The van der Waals surface area contributed by atoms with E-state index in [-0.39, 0.29) is 4.90 Å². The fourth-order valence-electron chi connectivity index (χ4n) is 2.00. The Kier molecular flexibility index (Phi) is 3.68. The van der Waals surface area contributed by atoms with Crippen LogP contribution in [0.3, 0.4) is 0 Å². The van der Waals surface area contributed by atoms with Gasteiger partial charge in [0.25, 0.3) is 10.1 Å². The van der Waals surface area contributed by atoms with Crippen molar-refractivity contribution in [2.24, 2.45) is 0 Å². The maximum atomic E-state index is 11.6. The Hall–Kier alpha value is -1.88. The van der Waals surface area contributed by atoms with E-state index in [1.807, 2.05) is 0 Å². The molecule has 3 rings (SSSR count). The molecule has 0 atom stereocenters. The molecule has 0 bridgehead atoms. The summed E-state index contributed by atoms with van der Waals surface area (Å²) in [5.41, 5.74) is 1.19. The molecule has 0 saturated carbocycles. The molecule has 0 radical (unpaired) electrons. The summed E-state index contributed by atoms with van der Waals surface area (Å²) in [7, 11) is -5.66. The average molecular weight is 322 g/mol. The molecule has 0 aliphatic carbocycles. The van der Waals surface area contributed by atoms with Crippen molar-refractivity contribution in [3.8, 4) is 0 Å². The quantitative estimate of drug-likeness (QED) is 0.586. The number of hydrogen-bond acceptors (Lipinski definition) is 4. The maximum absolute atomic E-state index is 11.6. The van der Waals surface area contributed by atoms with Crippen LogP contribution in [-0.4, -0.2) is 13.0 Å². The fourth-order valence-corrected chi connectivity index (χ4v) is 5.23. The van der Waals surface area contributed by atoms with Gasteiger partial charge in [0.1, 0.15) is 15.9 Å². The summed E-state index contributed by atoms with van der Waals surface area (Å²) in [6, 6.07) is 13.3. The van der Waals surface area contributed by atoms with Crippen LogP contribution in [0, 0.1) is 0 Å². The van der Waals surface area contributed by atoms with E-state index >= 15 is 0 Å². The van der Waals surface area contributed by atoms with Crippen LogP contribution >= 0.6 is 7.92 Å². The summed E-state index contributed by atoms with van der Waals surface area (Å²) < 4.78 is 43.5. The summed E-state index contributed by atoms with van der Waals surface area (Å²) in [6.07, 6.45) is 3.04. The molecule has 1 N–H and O–H groups in total. The SMILES string of the molecule is O=S(=O)(O)c1ccccc1P(c1ccco1)c1ccco1. The van der Waals surface area contributed by atoms with Crippen molar-refractivity contribution in [1.29, 1.82) is 0 Å². The highest BCUT2D eigenvalue weighted by molar-refractivity contribution is 7.87. The van der Waals surface area contributed by atoms with Crippen LogP contribution in [-0.2, 0) is 10.1 Å². The third-order valence-corrected chi connectivity index (χ3v) is 6.16. The van der Waals surface area contributed by atoms with Gasteiger partial charge in [0, 0.05) is 5.30 Å². The van der Waals surface area contributed by atoms with Crippen molar-refractivity contribution in [2.75, 3.05) is 0 Å². The molecule has 0 amide bonds. The molecule has 0 saturated heterocycles. The van der Waals surface area contributed by atoms with Gasteiger partial charge < -0.3 is 8.83 Å². The predicted molar refractivity (Wildman–Crippen MR) is 79.5 cm³/mol. The standard InChI is InChI=1S/C14H11O5PS/c15-21(16,17)12-6-2-1-5-11(12)20(13-7-3-9-18-13)14-8-4-10-19-14/h1-10H,(H,15,16,17). The van der Waals surface area contributed by atoms with Gasteiger partial charge in [-0.05, 0) is 30.3 Å². The van der Waals surface area contributed by atoms with E-state index in [1.54, 1.807) is 42.5 Å². The van der Waals surface area contributed by atoms with Gasteiger partial charge in [-0.3, -0.25) is 4.55 Å². The lowest BCUT2D eigenvalue weighted by atomic mass is 10.4. The molecule has 0 aliphatic heterocycles. The zero-order valence-electron chi connectivity index (χ0n) is 10.7. The first kappa shape index (κ1) is 14.1. The van der Waals surface area contributed by atoms with Gasteiger partial charge in [-0.2, -0.15) is 8.42 Å². The molecule has 0 aliphatic rings. The maximum Gasteiger partial charge on any atom is 0.295 e. The third-order valence-electron chi connectivity index (χ3n) is 2.84. The molecular formula is C14H11O5PS. The van der Waals surface area contributed by atoms with E-state index in [0.717, 1.165) is 0 Å². The van der Waals surface area contributed by atoms with E-state index in [9.17, 15) is 13.0 Å². The summed E-state index contributed by atoms with van der Waals surface area (Å²) in [5.74, 6) is 0. The van der Waals surface area contributed by atoms with Gasteiger partial charge in [0.2, 0.25) is 0 Å². The van der Waals surface area contributed by atoms with E-state index in [1.165, 1.54) is 18.6 Å². The second-order valence-corrected chi connectivity index (χ2v) is 7.60. The lowest BCUT2D eigenvalue weighted by molar-refractivity contribution is 0.484. The lowest BCUT2D eigenvalue weighted by Crippen LogP contribution is -2.23. The van der Waals surface area contributed by atoms with Crippen LogP contribution in [0.15, 0.2) is 74.8 Å². The second kappa shape index (κ2) is 5.48. The molecule has 2 heterocycles. The van der Waals surface area contributed by atoms with E-state index in [2.05, 4.69) is 0 Å². The molecule has 7 heteroatoms. The Balaban J connectivity index is 2.24. The molecule has 108 valence electrons. The molecule has 0 spiro atoms. The minimum atomic E-state index is -4.33. The smallest absolute Gasteiger partial charge is 0.295 e. The van der Waals surface area contributed by atoms with E-state index in [4.69, 9.17) is 8.83 Å². The summed E-state index contributed by atoms with van der Waals surface area (Å²) in [6.45, 7) is 0. The van der Waals surface area contributed by atoms with Crippen LogP contribution in [0.4, 0.5) is 0 Å². The molecule has 0 unspecified atom stereocenters. The van der Waals surface area contributed by atoms with Gasteiger partial charge in [-0.15, -0.1) is 0 Å². The topological polar surface area (TPSA) is 80.7 Å². The Labute approximate surface area is 122 Å². The van der Waals surface area contributed by atoms with E-state index < -0.39 is 18.0 Å². The zero-order valence-corrected chi connectivity index (χ0v) is 12.4. The Morgan fingerprint density at radius 1 is 0.857 bits per heavy atom. The number of furan rings is 2. The van der Waals surface area contributed by atoms with Gasteiger partial charge in [0.15, 0.2) is 0 Å². The third kappa shape index (κ3) is 2.78. The highest BCUT2D eigenvalue weighted by Gasteiger charge is 2.28. The van der Waals surface area contributed by atoms with Gasteiger partial charge >= 0.3 is 0 Å². The van der Waals surface area contributed by atoms with Crippen LogP contribution < -0.4 is 16.3 Å². The van der Waals surface area contributed by atoms with Gasteiger partial charge in [0.05, 0.1) is 20.4 Å².